The van der Waals surface area contributed by atoms with Crippen molar-refractivity contribution in [2.45, 2.75) is 26.4 Å². The van der Waals surface area contributed by atoms with Crippen LogP contribution in [0.4, 0.5) is 5.69 Å². The smallest absolute Gasteiger partial charge is 0.250 e. The molecule has 2 aromatic rings. The monoisotopic (exact) mass is 273 g/mol. The molecule has 5 heteroatoms. The lowest BCUT2D eigenvalue weighted by Gasteiger charge is -2.08. The van der Waals surface area contributed by atoms with E-state index in [1.54, 1.807) is 28.0 Å². The van der Waals surface area contributed by atoms with Crippen molar-refractivity contribution >= 4 is 17.0 Å². The molecule has 2 aromatic heterocycles. The van der Waals surface area contributed by atoms with Gasteiger partial charge in [0, 0.05) is 35.6 Å². The third-order valence-corrected chi connectivity index (χ3v) is 3.63. The zero-order valence-corrected chi connectivity index (χ0v) is 11.5. The van der Waals surface area contributed by atoms with Crippen molar-refractivity contribution in [2.75, 3.05) is 5.32 Å². The highest BCUT2D eigenvalue weighted by Gasteiger charge is 2.01. The van der Waals surface area contributed by atoms with Crippen LogP contribution in [-0.2, 0) is 13.1 Å². The average Bonchev–Trinajstić information content (AvgIpc) is 2.88. The fourth-order valence-electron chi connectivity index (χ4n) is 1.77. The van der Waals surface area contributed by atoms with Gasteiger partial charge in [-0.2, -0.15) is 5.26 Å². The van der Waals surface area contributed by atoms with Crippen LogP contribution in [0.25, 0.3) is 0 Å². The minimum atomic E-state index is 0.0234. The van der Waals surface area contributed by atoms with Gasteiger partial charge in [-0.05, 0) is 18.6 Å². The van der Waals surface area contributed by atoms with Crippen molar-refractivity contribution in [3.8, 4) is 6.07 Å². The SMILES string of the molecule is CCCn1cc(NCc2cc(C#N)cs2)ccc1=O. The normalized spacial score (nSPS) is 10.1. The minimum Gasteiger partial charge on any atom is -0.379 e. The number of hydrogen-bond acceptors (Lipinski definition) is 4. The largest absolute Gasteiger partial charge is 0.379 e. The average molecular weight is 273 g/mol. The van der Waals surface area contributed by atoms with E-state index >= 15 is 0 Å². The number of nitrogens with one attached hydrogen (secondary N) is 1. The second-order valence-electron chi connectivity index (χ2n) is 4.22. The van der Waals surface area contributed by atoms with Crippen molar-refractivity contribution in [1.82, 2.24) is 4.57 Å². The third kappa shape index (κ3) is 3.46. The van der Waals surface area contributed by atoms with Crippen LogP contribution in [0.2, 0.25) is 0 Å². The molecule has 0 radical (unpaired) electrons. The predicted molar refractivity (Wildman–Crippen MR) is 77.4 cm³/mol. The number of rotatable bonds is 5. The summed E-state index contributed by atoms with van der Waals surface area (Å²) < 4.78 is 1.71. The van der Waals surface area contributed by atoms with E-state index in [-0.39, 0.29) is 5.56 Å². The quantitative estimate of drug-likeness (QED) is 0.911. The minimum absolute atomic E-state index is 0.0234. The molecule has 2 heterocycles. The van der Waals surface area contributed by atoms with E-state index in [2.05, 4.69) is 11.4 Å². The van der Waals surface area contributed by atoms with Crippen molar-refractivity contribution in [1.29, 1.82) is 5.26 Å². The van der Waals surface area contributed by atoms with Crippen LogP contribution in [0.15, 0.2) is 34.6 Å². The first-order valence-corrected chi connectivity index (χ1v) is 7.02. The van der Waals surface area contributed by atoms with Crippen LogP contribution in [0, 0.1) is 11.3 Å². The summed E-state index contributed by atoms with van der Waals surface area (Å²) in [5.41, 5.74) is 1.63. The van der Waals surface area contributed by atoms with Crippen LogP contribution in [0.5, 0.6) is 0 Å². The van der Waals surface area contributed by atoms with E-state index in [1.807, 2.05) is 24.6 Å². The molecule has 0 amide bonds. The van der Waals surface area contributed by atoms with Crippen LogP contribution >= 0.6 is 11.3 Å². The molecule has 0 aromatic carbocycles. The highest BCUT2D eigenvalue weighted by Crippen LogP contribution is 2.15. The van der Waals surface area contributed by atoms with Gasteiger partial charge in [0.25, 0.3) is 5.56 Å². The van der Waals surface area contributed by atoms with Crippen LogP contribution in [0.3, 0.4) is 0 Å². The molecular formula is C14H15N3OS. The number of anilines is 1. The molecule has 98 valence electrons. The Morgan fingerprint density at radius 1 is 1.47 bits per heavy atom. The molecule has 0 aliphatic heterocycles. The zero-order valence-electron chi connectivity index (χ0n) is 10.7. The topological polar surface area (TPSA) is 57.8 Å². The summed E-state index contributed by atoms with van der Waals surface area (Å²) in [6, 6.07) is 7.35. The molecule has 0 spiro atoms. The summed E-state index contributed by atoms with van der Waals surface area (Å²) in [7, 11) is 0. The number of hydrogen-bond donors (Lipinski definition) is 1. The van der Waals surface area contributed by atoms with Crippen molar-refractivity contribution < 1.29 is 0 Å². The Bertz CT molecular complexity index is 651. The Hall–Kier alpha value is -2.06. The van der Waals surface area contributed by atoms with Gasteiger partial charge in [0.2, 0.25) is 0 Å². The predicted octanol–water partition coefficient (Wildman–Crippen LogP) is 2.80. The first-order chi connectivity index (χ1) is 9.22. The van der Waals surface area contributed by atoms with Crippen molar-refractivity contribution in [3.63, 3.8) is 0 Å². The fraction of sp³-hybridized carbons (Fsp3) is 0.286. The maximum atomic E-state index is 11.6. The van der Waals surface area contributed by atoms with E-state index in [0.29, 0.717) is 12.1 Å². The van der Waals surface area contributed by atoms with Gasteiger partial charge in [-0.15, -0.1) is 11.3 Å². The van der Waals surface area contributed by atoms with Gasteiger partial charge in [0.15, 0.2) is 0 Å². The second-order valence-corrected chi connectivity index (χ2v) is 5.21. The number of pyridine rings is 1. The molecule has 19 heavy (non-hydrogen) atoms. The summed E-state index contributed by atoms with van der Waals surface area (Å²) in [6.45, 7) is 3.43. The van der Waals surface area contributed by atoms with Gasteiger partial charge >= 0.3 is 0 Å². The van der Waals surface area contributed by atoms with Gasteiger partial charge < -0.3 is 9.88 Å². The summed E-state index contributed by atoms with van der Waals surface area (Å²) in [4.78, 5) is 12.7. The Morgan fingerprint density at radius 2 is 2.32 bits per heavy atom. The van der Waals surface area contributed by atoms with E-state index in [9.17, 15) is 4.79 Å². The molecule has 0 aliphatic rings. The van der Waals surface area contributed by atoms with Gasteiger partial charge in [0.05, 0.1) is 11.3 Å². The Kier molecular flexibility index (Phi) is 4.37. The Labute approximate surface area is 115 Å². The molecule has 0 fully saturated rings. The maximum absolute atomic E-state index is 11.6. The molecule has 0 saturated carbocycles. The highest BCUT2D eigenvalue weighted by molar-refractivity contribution is 7.10. The van der Waals surface area contributed by atoms with E-state index in [0.717, 1.165) is 23.5 Å². The first-order valence-electron chi connectivity index (χ1n) is 6.15. The summed E-state index contributed by atoms with van der Waals surface area (Å²) in [5.74, 6) is 0. The van der Waals surface area contributed by atoms with Crippen LogP contribution in [-0.4, -0.2) is 4.57 Å². The number of aromatic nitrogens is 1. The van der Waals surface area contributed by atoms with Gasteiger partial charge in [-0.3, -0.25) is 4.79 Å². The number of nitrogens with zero attached hydrogens (tertiary/aromatic N) is 2. The van der Waals surface area contributed by atoms with Crippen LogP contribution < -0.4 is 10.9 Å². The summed E-state index contributed by atoms with van der Waals surface area (Å²) >= 11 is 1.56. The van der Waals surface area contributed by atoms with Gasteiger partial charge in [-0.25, -0.2) is 0 Å². The lowest BCUT2D eigenvalue weighted by atomic mass is 10.3. The number of aryl methyl sites for hydroxylation is 1. The van der Waals surface area contributed by atoms with E-state index in [1.165, 1.54) is 0 Å². The highest BCUT2D eigenvalue weighted by atomic mass is 32.1. The standard InChI is InChI=1S/C14H15N3OS/c1-2-5-17-9-12(3-4-14(17)18)16-8-13-6-11(7-15)10-19-13/h3-4,6,9-10,16H,2,5,8H2,1H3. The maximum Gasteiger partial charge on any atom is 0.250 e. The van der Waals surface area contributed by atoms with E-state index in [4.69, 9.17) is 5.26 Å². The van der Waals surface area contributed by atoms with Gasteiger partial charge in [0.1, 0.15) is 6.07 Å². The molecule has 0 saturated heterocycles. The van der Waals surface area contributed by atoms with Crippen LogP contribution in [0.1, 0.15) is 23.8 Å². The third-order valence-electron chi connectivity index (χ3n) is 2.70. The van der Waals surface area contributed by atoms with Crippen molar-refractivity contribution in [2.24, 2.45) is 0 Å². The molecule has 2 rings (SSSR count). The molecule has 4 nitrogen and oxygen atoms in total. The Balaban J connectivity index is 2.05. The molecule has 0 unspecified atom stereocenters. The molecule has 1 N–H and O–H groups in total. The fourth-order valence-corrected chi connectivity index (χ4v) is 2.52. The van der Waals surface area contributed by atoms with Gasteiger partial charge in [-0.1, -0.05) is 6.92 Å². The lowest BCUT2D eigenvalue weighted by molar-refractivity contribution is 0.655. The molecule has 0 bridgehead atoms. The molecular weight excluding hydrogens is 258 g/mol. The van der Waals surface area contributed by atoms with E-state index < -0.39 is 0 Å². The number of thiophene rings is 1. The second kappa shape index (κ2) is 6.21. The number of nitriles is 1. The molecule has 0 atom stereocenters. The lowest BCUT2D eigenvalue weighted by Crippen LogP contribution is -2.18. The summed E-state index contributed by atoms with van der Waals surface area (Å²) in [6.07, 6.45) is 2.77. The zero-order chi connectivity index (χ0) is 13.7. The Morgan fingerprint density at radius 3 is 3.00 bits per heavy atom. The summed E-state index contributed by atoms with van der Waals surface area (Å²) in [5, 5.41) is 13.9. The van der Waals surface area contributed by atoms with Crippen molar-refractivity contribution in [3.05, 3.63) is 50.6 Å². The first kappa shape index (κ1) is 13.4. The molecule has 0 aliphatic carbocycles.